The Morgan fingerprint density at radius 3 is 2.44 bits per heavy atom. The molecule has 11 heteroatoms. The summed E-state index contributed by atoms with van der Waals surface area (Å²) in [5, 5.41) is 10.7. The Balaban J connectivity index is 1.27. The number of carbonyl (C=O) groups is 3. The number of likely N-dealkylation sites (tertiary alicyclic amines) is 1. The molecular weight excluding hydrogens is 630 g/mol. The first kappa shape index (κ1) is 34.4. The van der Waals surface area contributed by atoms with Crippen molar-refractivity contribution in [2.45, 2.75) is 70.3 Å². The number of hydrogen-bond acceptors (Lipinski definition) is 8. The van der Waals surface area contributed by atoms with Gasteiger partial charge in [0.2, 0.25) is 5.60 Å². The molecule has 0 saturated carbocycles. The van der Waals surface area contributed by atoms with Gasteiger partial charge in [0.25, 0.3) is 17.7 Å². The summed E-state index contributed by atoms with van der Waals surface area (Å²) in [5.41, 5.74) is 15.8. The van der Waals surface area contributed by atoms with Gasteiger partial charge in [-0.25, -0.2) is 19.9 Å². The van der Waals surface area contributed by atoms with Gasteiger partial charge in [0.05, 0.1) is 0 Å². The van der Waals surface area contributed by atoms with E-state index in [1.54, 1.807) is 31.3 Å². The number of fused-ring (bicyclic) bond motifs is 2. The Labute approximate surface area is 291 Å². The molecule has 0 radical (unpaired) electrons. The Bertz CT molecular complexity index is 2060. The number of nitrogens with two attached hydrogens (primary N) is 2. The first-order valence-electron chi connectivity index (χ1n) is 16.8. The summed E-state index contributed by atoms with van der Waals surface area (Å²) < 4.78 is 0. The average molecular weight is 672 g/mol. The van der Waals surface area contributed by atoms with E-state index in [9.17, 15) is 19.5 Å². The summed E-state index contributed by atoms with van der Waals surface area (Å²) in [6.07, 6.45) is 9.50. The Morgan fingerprint density at radius 1 is 1.02 bits per heavy atom. The standard InChI is InChI=1S/C39H41N7O4/c1-5-9-26(36-43-29-13-7-6-12-27(29)31(45-36)33(40)47)23(2)21-38(3)16-15-30-28(22-38)32(34(41)48)44-35(42-30)25-11-8-10-24(20-25)14-17-39(50)18-19-46(4)37(39)49/h5,8-11,20,50H,1-2,6-7,12-13,15-16,18-19,21-22H2,3-4H3,(H2,40,47)(H2,41,48). The first-order valence-corrected chi connectivity index (χ1v) is 16.8. The minimum absolute atomic E-state index is 0.165. The molecular formula is C39H41N7O4. The predicted octanol–water partition coefficient (Wildman–Crippen LogP) is 3.67. The quantitative estimate of drug-likeness (QED) is 0.240. The van der Waals surface area contributed by atoms with Crippen molar-refractivity contribution >= 4 is 23.3 Å². The number of hydrogen-bond donors (Lipinski definition) is 3. The van der Waals surface area contributed by atoms with Crippen LogP contribution >= 0.6 is 0 Å². The average Bonchev–Trinajstić information content (AvgIpc) is 3.35. The third-order valence-corrected chi connectivity index (χ3v) is 9.90. The number of carbonyl (C=O) groups excluding carboxylic acids is 3. The highest BCUT2D eigenvalue weighted by Crippen LogP contribution is 2.43. The molecule has 5 N–H and O–H groups in total. The number of nitrogens with zero attached hydrogens (tertiary/aromatic N) is 5. The van der Waals surface area contributed by atoms with Gasteiger partial charge in [-0.1, -0.05) is 56.2 Å². The van der Waals surface area contributed by atoms with Crippen LogP contribution in [0.4, 0.5) is 0 Å². The number of likely N-dealkylation sites (N-methyl/N-ethyl adjacent to an activating group) is 1. The highest BCUT2D eigenvalue weighted by atomic mass is 16.3. The Morgan fingerprint density at radius 2 is 1.74 bits per heavy atom. The van der Waals surface area contributed by atoms with Gasteiger partial charge in [-0.2, -0.15) is 0 Å². The van der Waals surface area contributed by atoms with Gasteiger partial charge in [0.15, 0.2) is 11.6 Å². The summed E-state index contributed by atoms with van der Waals surface area (Å²) in [4.78, 5) is 58.0. The molecule has 3 aliphatic rings. The van der Waals surface area contributed by atoms with Crippen molar-refractivity contribution in [3.05, 3.63) is 100 Å². The zero-order chi connectivity index (χ0) is 35.8. The maximum Gasteiger partial charge on any atom is 0.267 e. The molecule has 1 saturated heterocycles. The second kappa shape index (κ2) is 13.4. The zero-order valence-corrected chi connectivity index (χ0v) is 28.5. The summed E-state index contributed by atoms with van der Waals surface area (Å²) in [6.45, 7) is 10.9. The lowest BCUT2D eigenvalue weighted by Gasteiger charge is -2.36. The van der Waals surface area contributed by atoms with Crippen LogP contribution in [0, 0.1) is 17.3 Å². The van der Waals surface area contributed by atoms with Gasteiger partial charge < -0.3 is 21.5 Å². The van der Waals surface area contributed by atoms with Crippen LogP contribution in [0.1, 0.15) is 93.9 Å². The van der Waals surface area contributed by atoms with Crippen molar-refractivity contribution in [2.24, 2.45) is 16.9 Å². The van der Waals surface area contributed by atoms with Crippen molar-refractivity contribution in [1.29, 1.82) is 0 Å². The molecule has 11 nitrogen and oxygen atoms in total. The summed E-state index contributed by atoms with van der Waals surface area (Å²) in [7, 11) is 1.63. The van der Waals surface area contributed by atoms with E-state index in [1.807, 2.05) is 12.1 Å². The second-order valence-electron chi connectivity index (χ2n) is 13.8. The fourth-order valence-electron chi connectivity index (χ4n) is 7.22. The molecule has 50 heavy (non-hydrogen) atoms. The van der Waals surface area contributed by atoms with E-state index in [4.69, 9.17) is 21.4 Å². The monoisotopic (exact) mass is 671 g/mol. The zero-order valence-electron chi connectivity index (χ0n) is 28.5. The lowest BCUT2D eigenvalue weighted by Crippen LogP contribution is -2.37. The van der Waals surface area contributed by atoms with Gasteiger partial charge >= 0.3 is 0 Å². The van der Waals surface area contributed by atoms with Gasteiger partial charge in [-0.3, -0.25) is 14.4 Å². The third-order valence-electron chi connectivity index (χ3n) is 9.90. The van der Waals surface area contributed by atoms with E-state index in [0.717, 1.165) is 54.6 Å². The highest BCUT2D eigenvalue weighted by Gasteiger charge is 2.42. The first-order chi connectivity index (χ1) is 23.8. The van der Waals surface area contributed by atoms with Crippen LogP contribution in [0.15, 0.2) is 55.1 Å². The van der Waals surface area contributed by atoms with Crippen LogP contribution in [0.25, 0.3) is 17.0 Å². The summed E-state index contributed by atoms with van der Waals surface area (Å²) in [6, 6.07) is 7.14. The maximum atomic E-state index is 12.8. The molecule has 2 unspecified atom stereocenters. The van der Waals surface area contributed by atoms with Gasteiger partial charge in [0.1, 0.15) is 11.4 Å². The van der Waals surface area contributed by atoms with E-state index in [2.05, 4.69) is 41.9 Å². The molecule has 3 heterocycles. The largest absolute Gasteiger partial charge is 0.369 e. The van der Waals surface area contributed by atoms with Crippen LogP contribution in [-0.2, 0) is 30.5 Å². The van der Waals surface area contributed by atoms with Crippen LogP contribution in [-0.4, -0.2) is 66.9 Å². The molecule has 1 aliphatic heterocycles. The molecule has 256 valence electrons. The molecule has 2 atom stereocenters. The van der Waals surface area contributed by atoms with E-state index in [-0.39, 0.29) is 23.2 Å². The molecule has 0 bridgehead atoms. The van der Waals surface area contributed by atoms with Gasteiger partial charge in [-0.05, 0) is 74.5 Å². The normalized spacial score (nSPS) is 21.5. The summed E-state index contributed by atoms with van der Waals surface area (Å²) >= 11 is 0. The summed E-state index contributed by atoms with van der Waals surface area (Å²) in [5.74, 6) is 4.77. The van der Waals surface area contributed by atoms with Gasteiger partial charge in [-0.15, -0.1) is 0 Å². The van der Waals surface area contributed by atoms with Crippen LogP contribution < -0.4 is 11.5 Å². The van der Waals surface area contributed by atoms with Crippen LogP contribution in [0.2, 0.25) is 0 Å². The Hall–Kier alpha value is -5.47. The van der Waals surface area contributed by atoms with Crippen molar-refractivity contribution in [1.82, 2.24) is 24.8 Å². The van der Waals surface area contributed by atoms with Crippen LogP contribution in [0.5, 0.6) is 0 Å². The fourth-order valence-corrected chi connectivity index (χ4v) is 7.22. The lowest BCUT2D eigenvalue weighted by atomic mass is 9.69. The van der Waals surface area contributed by atoms with E-state index in [1.165, 1.54) is 4.90 Å². The van der Waals surface area contributed by atoms with Crippen molar-refractivity contribution in [3.8, 4) is 23.2 Å². The number of aryl methyl sites for hydroxylation is 2. The highest BCUT2D eigenvalue weighted by molar-refractivity contribution is 5.94. The van der Waals surface area contributed by atoms with Crippen molar-refractivity contribution in [2.75, 3.05) is 13.6 Å². The molecule has 0 spiro atoms. The van der Waals surface area contributed by atoms with Crippen molar-refractivity contribution < 1.29 is 19.5 Å². The number of allylic oxidation sites excluding steroid dienone is 4. The number of primary amides is 2. The minimum atomic E-state index is -1.72. The number of aromatic nitrogens is 4. The molecule has 2 aromatic heterocycles. The minimum Gasteiger partial charge on any atom is -0.369 e. The van der Waals surface area contributed by atoms with E-state index >= 15 is 0 Å². The maximum absolute atomic E-state index is 12.8. The molecule has 3 aromatic rings. The molecule has 6 rings (SSSR count). The lowest BCUT2D eigenvalue weighted by molar-refractivity contribution is -0.137. The SMILES string of the molecule is C=CC=C(C(=C)CC1(C)CCc2nc(-c3cccc(C#CC4(O)CCN(C)C4=O)c3)nc(C(N)=O)c2C1)c1nc2c(c(C(N)=O)n1)CCCC2. The Kier molecular flexibility index (Phi) is 9.25. The van der Waals surface area contributed by atoms with E-state index in [0.29, 0.717) is 59.7 Å². The third kappa shape index (κ3) is 6.71. The van der Waals surface area contributed by atoms with Gasteiger partial charge in [0, 0.05) is 59.2 Å². The molecule has 2 aliphatic carbocycles. The number of amides is 3. The molecule has 1 aromatic carbocycles. The van der Waals surface area contributed by atoms with E-state index < -0.39 is 23.3 Å². The number of aliphatic hydroxyl groups is 1. The number of benzene rings is 1. The smallest absolute Gasteiger partial charge is 0.267 e. The second-order valence-corrected chi connectivity index (χ2v) is 13.8. The van der Waals surface area contributed by atoms with Crippen LogP contribution in [0.3, 0.4) is 0 Å². The van der Waals surface area contributed by atoms with Crippen molar-refractivity contribution in [3.63, 3.8) is 0 Å². The fraction of sp³-hybridized carbons (Fsp3) is 0.359. The predicted molar refractivity (Wildman–Crippen MR) is 189 cm³/mol. The number of rotatable bonds is 8. The molecule has 3 amide bonds. The molecule has 1 fully saturated rings. The topological polar surface area (TPSA) is 178 Å².